The smallest absolute Gasteiger partial charge is 0.252 e. The van der Waals surface area contributed by atoms with Crippen molar-refractivity contribution >= 4 is 92.5 Å². The summed E-state index contributed by atoms with van der Waals surface area (Å²) in [4.78, 5) is 7.31. The number of hydrogen-bond acceptors (Lipinski definition) is 5. The van der Waals surface area contributed by atoms with Crippen LogP contribution in [0.25, 0.3) is 0 Å². The molecule has 49 heavy (non-hydrogen) atoms. The molecule has 7 aromatic carbocycles. The standard InChI is InChI=1S/C42H24B2N3O2/c1-3-15-30-26(11-1)43-27-12-2-4-16-31(27)45(30)25-23-34-40-35(24-25)47-33-18-6-8-20-37(33)49-39-22-10-14-29(42(39)47)44(40)28-13-9-21-38-41(28)46(34)32-17-5-7-19-36(32)48-38/h1-24H. The molecule has 0 amide bonds. The Morgan fingerprint density at radius 2 is 0.857 bits per heavy atom. The van der Waals surface area contributed by atoms with E-state index in [1.807, 2.05) is 12.1 Å². The molecule has 0 fully saturated rings. The predicted octanol–water partition coefficient (Wildman–Crippen LogP) is 7.42. The van der Waals surface area contributed by atoms with Gasteiger partial charge >= 0.3 is 0 Å². The van der Waals surface area contributed by atoms with E-state index in [9.17, 15) is 0 Å². The summed E-state index contributed by atoms with van der Waals surface area (Å²) < 4.78 is 13.3. The Labute approximate surface area is 284 Å². The fourth-order valence-electron chi connectivity index (χ4n) is 8.71. The molecule has 0 atom stereocenters. The molecule has 5 nitrogen and oxygen atoms in total. The van der Waals surface area contributed by atoms with E-state index >= 15 is 0 Å². The van der Waals surface area contributed by atoms with E-state index < -0.39 is 0 Å². The number of para-hydroxylation sites is 8. The summed E-state index contributed by atoms with van der Waals surface area (Å²) in [5.41, 5.74) is 16.1. The van der Waals surface area contributed by atoms with Crippen molar-refractivity contribution in [3.8, 4) is 23.0 Å². The lowest BCUT2D eigenvalue weighted by Crippen LogP contribution is -2.62. The third-order valence-electron chi connectivity index (χ3n) is 10.6. The van der Waals surface area contributed by atoms with Gasteiger partial charge in [-0.25, -0.2) is 0 Å². The predicted molar refractivity (Wildman–Crippen MR) is 200 cm³/mol. The topological polar surface area (TPSA) is 28.2 Å². The Morgan fingerprint density at radius 3 is 1.39 bits per heavy atom. The van der Waals surface area contributed by atoms with Crippen LogP contribution in [0.5, 0.6) is 23.0 Å². The molecule has 0 N–H and O–H groups in total. The van der Waals surface area contributed by atoms with E-state index in [0.29, 0.717) is 0 Å². The third kappa shape index (κ3) is 3.27. The number of benzene rings is 7. The van der Waals surface area contributed by atoms with Crippen LogP contribution in [0.4, 0.5) is 51.2 Å². The lowest BCUT2D eigenvalue weighted by atomic mass is 9.33. The molecular formula is C42H24B2N3O2. The highest BCUT2D eigenvalue weighted by molar-refractivity contribution is 7.00. The summed E-state index contributed by atoms with van der Waals surface area (Å²) in [7, 11) is 2.29. The largest absolute Gasteiger partial charge is 0.453 e. The number of rotatable bonds is 1. The number of hydrogen-bond donors (Lipinski definition) is 0. The van der Waals surface area contributed by atoms with Crippen molar-refractivity contribution in [2.75, 3.05) is 14.7 Å². The van der Waals surface area contributed by atoms with Crippen LogP contribution >= 0.6 is 0 Å². The quantitative estimate of drug-likeness (QED) is 0.178. The molecule has 0 bridgehead atoms. The highest BCUT2D eigenvalue weighted by Crippen LogP contribution is 2.57. The Balaban J connectivity index is 1.23. The van der Waals surface area contributed by atoms with Gasteiger partial charge in [0, 0.05) is 22.7 Å². The second kappa shape index (κ2) is 9.18. The van der Waals surface area contributed by atoms with Gasteiger partial charge in [-0.2, -0.15) is 0 Å². The maximum absolute atomic E-state index is 6.64. The summed E-state index contributed by atoms with van der Waals surface area (Å²) in [6.07, 6.45) is 0. The Kier molecular flexibility index (Phi) is 4.82. The number of nitrogens with zero attached hydrogens (tertiary/aromatic N) is 3. The van der Waals surface area contributed by atoms with Crippen LogP contribution in [-0.2, 0) is 0 Å². The van der Waals surface area contributed by atoms with Crippen LogP contribution in [0.3, 0.4) is 0 Å². The van der Waals surface area contributed by atoms with Crippen LogP contribution in [0.15, 0.2) is 146 Å². The van der Waals surface area contributed by atoms with Gasteiger partial charge in [-0.3, -0.25) is 0 Å². The molecule has 225 valence electrons. The Hall–Kier alpha value is -6.33. The maximum Gasteiger partial charge on any atom is 0.252 e. The van der Waals surface area contributed by atoms with Gasteiger partial charge in [0.25, 0.3) is 6.71 Å². The van der Waals surface area contributed by atoms with Crippen molar-refractivity contribution in [3.63, 3.8) is 0 Å². The van der Waals surface area contributed by atoms with Gasteiger partial charge in [0.1, 0.15) is 0 Å². The number of fused-ring (bicyclic) bond motifs is 10. The zero-order valence-corrected chi connectivity index (χ0v) is 26.2. The van der Waals surface area contributed by atoms with E-state index in [1.165, 1.54) is 27.3 Å². The lowest BCUT2D eigenvalue weighted by molar-refractivity contribution is 0.477. The minimum atomic E-state index is -0.0200. The molecule has 0 saturated carbocycles. The first-order valence-electron chi connectivity index (χ1n) is 16.7. The molecule has 5 aliphatic heterocycles. The summed E-state index contributed by atoms with van der Waals surface area (Å²) in [6.45, 7) is -0.0200. The summed E-state index contributed by atoms with van der Waals surface area (Å²) >= 11 is 0. The fraction of sp³-hybridized carbons (Fsp3) is 0. The maximum atomic E-state index is 6.64. The van der Waals surface area contributed by atoms with Gasteiger partial charge in [-0.15, -0.1) is 0 Å². The van der Waals surface area contributed by atoms with Crippen molar-refractivity contribution in [3.05, 3.63) is 146 Å². The highest BCUT2D eigenvalue weighted by atomic mass is 16.5. The molecule has 12 rings (SSSR count). The third-order valence-corrected chi connectivity index (χ3v) is 10.6. The first-order chi connectivity index (χ1) is 24.3. The molecule has 0 aromatic heterocycles. The van der Waals surface area contributed by atoms with Crippen molar-refractivity contribution in [2.45, 2.75) is 0 Å². The van der Waals surface area contributed by atoms with Gasteiger partial charge in [0.05, 0.1) is 28.4 Å². The SMILES string of the molecule is [B]1c2ccccc2N(c2cc3c4c(c2)N2c5ccccc5Oc5cccc(c52)B4c2cccc4c2N3c2ccccc2O4)c2ccccc21. The van der Waals surface area contributed by atoms with Gasteiger partial charge < -0.3 is 24.2 Å². The van der Waals surface area contributed by atoms with E-state index in [1.54, 1.807) is 0 Å². The van der Waals surface area contributed by atoms with Crippen LogP contribution in [0.2, 0.25) is 0 Å². The molecule has 0 unspecified atom stereocenters. The molecule has 5 aliphatic rings. The Bertz CT molecular complexity index is 2430. The number of ether oxygens (including phenoxy) is 2. The molecule has 1 radical (unpaired) electrons. The first-order valence-corrected chi connectivity index (χ1v) is 16.7. The summed E-state index contributed by atoms with van der Waals surface area (Å²) in [5, 5.41) is 0. The van der Waals surface area contributed by atoms with Crippen molar-refractivity contribution in [2.24, 2.45) is 0 Å². The second-order valence-corrected chi connectivity index (χ2v) is 13.1. The van der Waals surface area contributed by atoms with Gasteiger partial charge in [-0.05, 0) is 77.1 Å². The minimum absolute atomic E-state index is 0.0200. The van der Waals surface area contributed by atoms with E-state index in [0.717, 1.165) is 74.2 Å². The number of anilines is 9. The fourth-order valence-corrected chi connectivity index (χ4v) is 8.71. The first kappa shape index (κ1) is 25.7. The van der Waals surface area contributed by atoms with E-state index in [2.05, 4.69) is 155 Å². The zero-order chi connectivity index (χ0) is 31.8. The average molecular weight is 624 g/mol. The normalized spacial score (nSPS) is 14.4. The van der Waals surface area contributed by atoms with Crippen LogP contribution in [0, 0.1) is 0 Å². The minimum Gasteiger partial charge on any atom is -0.453 e. The molecule has 5 heterocycles. The summed E-state index contributed by atoms with van der Waals surface area (Å²) in [5.74, 6) is 3.43. The van der Waals surface area contributed by atoms with Crippen LogP contribution < -0.4 is 51.5 Å². The van der Waals surface area contributed by atoms with E-state index in [-0.39, 0.29) is 6.71 Å². The van der Waals surface area contributed by atoms with Crippen molar-refractivity contribution < 1.29 is 9.47 Å². The molecule has 0 saturated heterocycles. The monoisotopic (exact) mass is 624 g/mol. The molecule has 7 heteroatoms. The Morgan fingerprint density at radius 1 is 0.408 bits per heavy atom. The average Bonchev–Trinajstić information content (AvgIpc) is 3.15. The van der Waals surface area contributed by atoms with Crippen molar-refractivity contribution in [1.29, 1.82) is 0 Å². The lowest BCUT2D eigenvalue weighted by Gasteiger charge is -2.47. The van der Waals surface area contributed by atoms with Gasteiger partial charge in [0.2, 0.25) is 0 Å². The second-order valence-electron chi connectivity index (χ2n) is 13.1. The summed E-state index contributed by atoms with van der Waals surface area (Å²) in [6, 6.07) is 52.0. The zero-order valence-electron chi connectivity index (χ0n) is 26.2. The molecule has 0 aliphatic carbocycles. The van der Waals surface area contributed by atoms with Gasteiger partial charge in [0.15, 0.2) is 30.3 Å². The van der Waals surface area contributed by atoms with Crippen LogP contribution in [0.1, 0.15) is 0 Å². The van der Waals surface area contributed by atoms with Crippen LogP contribution in [-0.4, -0.2) is 14.0 Å². The van der Waals surface area contributed by atoms with E-state index in [4.69, 9.17) is 9.47 Å². The van der Waals surface area contributed by atoms with Gasteiger partial charge in [-0.1, -0.05) is 95.9 Å². The highest BCUT2D eigenvalue weighted by Gasteiger charge is 2.48. The molecular weight excluding hydrogens is 600 g/mol. The molecule has 0 spiro atoms. The van der Waals surface area contributed by atoms with Crippen molar-refractivity contribution in [1.82, 2.24) is 0 Å². The molecule has 7 aromatic rings.